The van der Waals surface area contributed by atoms with Gasteiger partial charge in [0.25, 0.3) is 0 Å². The first-order valence-electron chi connectivity index (χ1n) is 5.38. The van der Waals surface area contributed by atoms with E-state index < -0.39 is 0 Å². The van der Waals surface area contributed by atoms with E-state index in [1.54, 1.807) is 0 Å². The van der Waals surface area contributed by atoms with Crippen LogP contribution in [0.3, 0.4) is 0 Å². The monoisotopic (exact) mass is 193 g/mol. The van der Waals surface area contributed by atoms with Crippen molar-refractivity contribution in [3.05, 3.63) is 18.0 Å². The molecule has 2 N–H and O–H groups in total. The second-order valence-electron chi connectivity index (χ2n) is 5.00. The molecule has 0 atom stereocenters. The van der Waals surface area contributed by atoms with Crippen LogP contribution in [0.25, 0.3) is 0 Å². The first-order chi connectivity index (χ1) is 6.57. The molecule has 3 heteroatoms. The Balaban J connectivity index is 1.95. The van der Waals surface area contributed by atoms with Crippen LogP contribution in [0.1, 0.15) is 32.3 Å². The molecule has 0 bridgehead atoms. The SMILES string of the molecule is CC(C)Cn1cc(CC2(N)CC2)cn1. The van der Waals surface area contributed by atoms with Gasteiger partial charge >= 0.3 is 0 Å². The van der Waals surface area contributed by atoms with Gasteiger partial charge in [-0.05, 0) is 30.7 Å². The van der Waals surface area contributed by atoms with Crippen LogP contribution < -0.4 is 5.73 Å². The van der Waals surface area contributed by atoms with E-state index in [-0.39, 0.29) is 5.54 Å². The summed E-state index contributed by atoms with van der Waals surface area (Å²) in [4.78, 5) is 0. The molecule has 1 fully saturated rings. The van der Waals surface area contributed by atoms with E-state index >= 15 is 0 Å². The fraction of sp³-hybridized carbons (Fsp3) is 0.727. The topological polar surface area (TPSA) is 43.8 Å². The van der Waals surface area contributed by atoms with Gasteiger partial charge in [-0.25, -0.2) is 0 Å². The maximum atomic E-state index is 6.05. The Morgan fingerprint density at radius 2 is 2.29 bits per heavy atom. The van der Waals surface area contributed by atoms with E-state index in [9.17, 15) is 0 Å². The van der Waals surface area contributed by atoms with Gasteiger partial charge in [0.2, 0.25) is 0 Å². The minimum absolute atomic E-state index is 0.103. The first kappa shape index (κ1) is 9.71. The van der Waals surface area contributed by atoms with Crippen molar-refractivity contribution < 1.29 is 0 Å². The van der Waals surface area contributed by atoms with Crippen molar-refractivity contribution in [2.24, 2.45) is 11.7 Å². The molecular weight excluding hydrogens is 174 g/mol. The summed E-state index contributed by atoms with van der Waals surface area (Å²) < 4.78 is 2.02. The van der Waals surface area contributed by atoms with E-state index in [1.807, 2.05) is 10.9 Å². The summed E-state index contributed by atoms with van der Waals surface area (Å²) in [6.45, 7) is 5.40. The molecular formula is C11H19N3. The zero-order valence-electron chi connectivity index (χ0n) is 9.03. The Hall–Kier alpha value is -0.830. The molecule has 0 amide bonds. The summed E-state index contributed by atoms with van der Waals surface area (Å²) in [5.41, 5.74) is 7.44. The Labute approximate surface area is 85.3 Å². The van der Waals surface area contributed by atoms with Gasteiger partial charge < -0.3 is 5.73 Å². The van der Waals surface area contributed by atoms with Gasteiger partial charge in [0.15, 0.2) is 0 Å². The predicted octanol–water partition coefficient (Wildman–Crippen LogP) is 1.57. The van der Waals surface area contributed by atoms with Crippen molar-refractivity contribution in [1.82, 2.24) is 9.78 Å². The Morgan fingerprint density at radius 1 is 1.57 bits per heavy atom. The molecule has 3 nitrogen and oxygen atoms in total. The van der Waals surface area contributed by atoms with Gasteiger partial charge in [-0.3, -0.25) is 4.68 Å². The molecule has 0 radical (unpaired) electrons. The maximum Gasteiger partial charge on any atom is 0.0522 e. The molecule has 14 heavy (non-hydrogen) atoms. The second kappa shape index (κ2) is 3.39. The number of hydrogen-bond acceptors (Lipinski definition) is 2. The molecule has 1 heterocycles. The highest BCUT2D eigenvalue weighted by Crippen LogP contribution is 2.35. The van der Waals surface area contributed by atoms with Gasteiger partial charge in [0.1, 0.15) is 0 Å². The van der Waals surface area contributed by atoms with E-state index in [1.165, 1.54) is 18.4 Å². The van der Waals surface area contributed by atoms with E-state index in [4.69, 9.17) is 5.73 Å². The van der Waals surface area contributed by atoms with E-state index in [2.05, 4.69) is 25.1 Å². The highest BCUT2D eigenvalue weighted by atomic mass is 15.3. The Bertz CT molecular complexity index is 310. The third-order valence-electron chi connectivity index (χ3n) is 2.69. The summed E-state index contributed by atoms with van der Waals surface area (Å²) in [6.07, 6.45) is 7.41. The average Bonchev–Trinajstić information content (AvgIpc) is 2.61. The lowest BCUT2D eigenvalue weighted by Gasteiger charge is -2.05. The predicted molar refractivity (Wildman–Crippen MR) is 56.9 cm³/mol. The van der Waals surface area contributed by atoms with Crippen LogP contribution in [0.5, 0.6) is 0 Å². The zero-order chi connectivity index (χ0) is 10.2. The summed E-state index contributed by atoms with van der Waals surface area (Å²) in [6, 6.07) is 0. The lowest BCUT2D eigenvalue weighted by molar-refractivity contribution is 0.482. The van der Waals surface area contributed by atoms with Crippen LogP contribution in [0.2, 0.25) is 0 Å². The first-order valence-corrected chi connectivity index (χ1v) is 5.38. The van der Waals surface area contributed by atoms with E-state index in [0.717, 1.165) is 13.0 Å². The summed E-state index contributed by atoms with van der Waals surface area (Å²) in [5, 5.41) is 4.33. The van der Waals surface area contributed by atoms with Crippen LogP contribution in [0.4, 0.5) is 0 Å². The zero-order valence-corrected chi connectivity index (χ0v) is 9.03. The van der Waals surface area contributed by atoms with Crippen LogP contribution in [-0.4, -0.2) is 15.3 Å². The number of rotatable bonds is 4. The third kappa shape index (κ3) is 2.35. The molecule has 78 valence electrons. The Kier molecular flexibility index (Phi) is 2.35. The van der Waals surface area contributed by atoms with Gasteiger partial charge in [-0.1, -0.05) is 13.8 Å². The summed E-state index contributed by atoms with van der Waals surface area (Å²) >= 11 is 0. The molecule has 0 unspecified atom stereocenters. The minimum atomic E-state index is 0.103. The van der Waals surface area contributed by atoms with Gasteiger partial charge in [0, 0.05) is 18.3 Å². The van der Waals surface area contributed by atoms with Crippen LogP contribution >= 0.6 is 0 Å². The third-order valence-corrected chi connectivity index (χ3v) is 2.69. The molecule has 1 aliphatic carbocycles. The van der Waals surface area contributed by atoms with Gasteiger partial charge in [-0.2, -0.15) is 5.10 Å². The highest BCUT2D eigenvalue weighted by Gasteiger charge is 2.38. The quantitative estimate of drug-likeness (QED) is 0.789. The van der Waals surface area contributed by atoms with Crippen LogP contribution in [-0.2, 0) is 13.0 Å². The number of hydrogen-bond donors (Lipinski definition) is 1. The summed E-state index contributed by atoms with van der Waals surface area (Å²) in [7, 11) is 0. The van der Waals surface area contributed by atoms with Gasteiger partial charge in [-0.15, -0.1) is 0 Å². The lowest BCUT2D eigenvalue weighted by Crippen LogP contribution is -2.24. The van der Waals surface area contributed by atoms with Gasteiger partial charge in [0.05, 0.1) is 6.20 Å². The molecule has 0 aliphatic heterocycles. The number of nitrogens with two attached hydrogens (primary N) is 1. The largest absolute Gasteiger partial charge is 0.325 e. The second-order valence-corrected chi connectivity index (χ2v) is 5.00. The molecule has 0 spiro atoms. The Morgan fingerprint density at radius 3 is 2.86 bits per heavy atom. The van der Waals surface area contributed by atoms with Crippen molar-refractivity contribution in [2.75, 3.05) is 0 Å². The molecule has 2 rings (SSSR count). The molecule has 1 aromatic rings. The fourth-order valence-electron chi connectivity index (χ4n) is 1.72. The molecule has 0 saturated heterocycles. The van der Waals surface area contributed by atoms with Crippen molar-refractivity contribution in [3.8, 4) is 0 Å². The fourth-order valence-corrected chi connectivity index (χ4v) is 1.72. The smallest absolute Gasteiger partial charge is 0.0522 e. The average molecular weight is 193 g/mol. The normalized spacial score (nSPS) is 18.9. The van der Waals surface area contributed by atoms with Crippen molar-refractivity contribution in [3.63, 3.8) is 0 Å². The van der Waals surface area contributed by atoms with Crippen LogP contribution in [0, 0.1) is 5.92 Å². The summed E-state index contributed by atoms with van der Waals surface area (Å²) in [5.74, 6) is 0.649. The molecule has 1 saturated carbocycles. The van der Waals surface area contributed by atoms with Crippen molar-refractivity contribution >= 4 is 0 Å². The molecule has 1 aliphatic rings. The highest BCUT2D eigenvalue weighted by molar-refractivity contribution is 5.14. The van der Waals surface area contributed by atoms with Crippen LogP contribution in [0.15, 0.2) is 12.4 Å². The van der Waals surface area contributed by atoms with Crippen molar-refractivity contribution in [1.29, 1.82) is 0 Å². The van der Waals surface area contributed by atoms with Crippen molar-refractivity contribution in [2.45, 2.75) is 45.2 Å². The standard InChI is InChI=1S/C11H19N3/c1-9(2)7-14-8-10(6-13-14)5-11(12)3-4-11/h6,8-9H,3-5,7,12H2,1-2H3. The number of aromatic nitrogens is 2. The molecule has 0 aromatic carbocycles. The maximum absolute atomic E-state index is 6.05. The lowest BCUT2D eigenvalue weighted by atomic mass is 10.1. The number of nitrogens with zero attached hydrogens (tertiary/aromatic N) is 2. The van der Waals surface area contributed by atoms with E-state index in [0.29, 0.717) is 5.92 Å². The minimum Gasteiger partial charge on any atom is -0.325 e. The molecule has 1 aromatic heterocycles.